The molecule has 5 heteroatoms. The Morgan fingerprint density at radius 1 is 1.26 bits per heavy atom. The SMILES string of the molecule is Cc1ccc(O)c(C(=O)OCC(=O)N(C)C2CCC(C)CC2)c1. The van der Waals surface area contributed by atoms with Crippen LogP contribution in [0, 0.1) is 12.8 Å². The van der Waals surface area contributed by atoms with Gasteiger partial charge in [0.1, 0.15) is 11.3 Å². The maximum absolute atomic E-state index is 12.2. The van der Waals surface area contributed by atoms with Gasteiger partial charge in [0, 0.05) is 13.1 Å². The van der Waals surface area contributed by atoms with Crippen LogP contribution in [0.4, 0.5) is 0 Å². The third-order valence-corrected chi connectivity index (χ3v) is 4.63. The predicted octanol–water partition coefficient (Wildman–Crippen LogP) is 2.89. The van der Waals surface area contributed by atoms with E-state index in [1.54, 1.807) is 24.1 Å². The van der Waals surface area contributed by atoms with Crippen LogP contribution in [0.25, 0.3) is 0 Å². The van der Waals surface area contributed by atoms with Crippen LogP contribution < -0.4 is 0 Å². The van der Waals surface area contributed by atoms with Crippen molar-refractivity contribution in [3.8, 4) is 5.75 Å². The van der Waals surface area contributed by atoms with Crippen LogP contribution in [-0.4, -0.2) is 41.6 Å². The minimum absolute atomic E-state index is 0.0898. The summed E-state index contributed by atoms with van der Waals surface area (Å²) in [6.45, 7) is 3.75. The Morgan fingerprint density at radius 3 is 2.57 bits per heavy atom. The van der Waals surface area contributed by atoms with E-state index in [2.05, 4.69) is 6.92 Å². The van der Waals surface area contributed by atoms with E-state index < -0.39 is 5.97 Å². The van der Waals surface area contributed by atoms with Crippen molar-refractivity contribution in [2.24, 2.45) is 5.92 Å². The topological polar surface area (TPSA) is 66.8 Å². The third kappa shape index (κ3) is 4.47. The van der Waals surface area contributed by atoms with Gasteiger partial charge < -0.3 is 14.7 Å². The van der Waals surface area contributed by atoms with Crippen LogP contribution in [0.1, 0.15) is 48.5 Å². The van der Waals surface area contributed by atoms with Crippen molar-refractivity contribution in [2.45, 2.75) is 45.6 Å². The first-order valence-corrected chi connectivity index (χ1v) is 8.11. The highest BCUT2D eigenvalue weighted by Crippen LogP contribution is 2.26. The molecule has 23 heavy (non-hydrogen) atoms. The Hall–Kier alpha value is -2.04. The summed E-state index contributed by atoms with van der Waals surface area (Å²) in [5, 5.41) is 9.71. The lowest BCUT2D eigenvalue weighted by atomic mass is 9.87. The average Bonchev–Trinajstić information content (AvgIpc) is 2.54. The quantitative estimate of drug-likeness (QED) is 0.867. The van der Waals surface area contributed by atoms with E-state index in [0.717, 1.165) is 37.2 Å². The van der Waals surface area contributed by atoms with E-state index in [1.807, 2.05) is 6.92 Å². The number of benzene rings is 1. The lowest BCUT2D eigenvalue weighted by Crippen LogP contribution is -2.41. The Kier molecular flexibility index (Phi) is 5.64. The third-order valence-electron chi connectivity index (χ3n) is 4.63. The molecule has 0 aliphatic heterocycles. The fraction of sp³-hybridized carbons (Fsp3) is 0.556. The zero-order valence-electron chi connectivity index (χ0n) is 14.0. The second-order valence-electron chi connectivity index (χ2n) is 6.52. The molecule has 0 atom stereocenters. The summed E-state index contributed by atoms with van der Waals surface area (Å²) < 4.78 is 5.07. The molecule has 0 bridgehead atoms. The number of hydrogen-bond donors (Lipinski definition) is 1. The number of nitrogens with zero attached hydrogens (tertiary/aromatic N) is 1. The summed E-state index contributed by atoms with van der Waals surface area (Å²) in [6, 6.07) is 4.93. The van der Waals surface area contributed by atoms with Crippen LogP contribution in [0.2, 0.25) is 0 Å². The van der Waals surface area contributed by atoms with Gasteiger partial charge in [-0.25, -0.2) is 4.79 Å². The molecule has 1 aromatic carbocycles. The van der Waals surface area contributed by atoms with Gasteiger partial charge in [0.05, 0.1) is 0 Å². The van der Waals surface area contributed by atoms with E-state index in [9.17, 15) is 14.7 Å². The fourth-order valence-corrected chi connectivity index (χ4v) is 2.95. The zero-order chi connectivity index (χ0) is 17.0. The average molecular weight is 319 g/mol. The second kappa shape index (κ2) is 7.49. The summed E-state index contributed by atoms with van der Waals surface area (Å²) in [5.41, 5.74) is 0.932. The van der Waals surface area contributed by atoms with Gasteiger partial charge in [0.25, 0.3) is 5.91 Å². The lowest BCUT2D eigenvalue weighted by Gasteiger charge is -2.33. The van der Waals surface area contributed by atoms with Crippen molar-refractivity contribution < 1.29 is 19.4 Å². The highest BCUT2D eigenvalue weighted by atomic mass is 16.5. The highest BCUT2D eigenvalue weighted by Gasteiger charge is 2.25. The summed E-state index contributed by atoms with van der Waals surface area (Å²) in [6.07, 6.45) is 4.24. The number of amides is 1. The summed E-state index contributed by atoms with van der Waals surface area (Å²) >= 11 is 0. The summed E-state index contributed by atoms with van der Waals surface area (Å²) in [5.74, 6) is -0.296. The van der Waals surface area contributed by atoms with E-state index in [-0.39, 0.29) is 29.9 Å². The van der Waals surface area contributed by atoms with Gasteiger partial charge >= 0.3 is 5.97 Å². The van der Waals surface area contributed by atoms with Gasteiger partial charge in [-0.2, -0.15) is 0 Å². The number of likely N-dealkylation sites (N-methyl/N-ethyl adjacent to an activating group) is 1. The molecule has 1 N–H and O–H groups in total. The molecule has 5 nitrogen and oxygen atoms in total. The first-order chi connectivity index (χ1) is 10.9. The van der Waals surface area contributed by atoms with Crippen molar-refractivity contribution in [3.05, 3.63) is 29.3 Å². The van der Waals surface area contributed by atoms with Crippen LogP contribution >= 0.6 is 0 Å². The summed E-state index contributed by atoms with van der Waals surface area (Å²) in [7, 11) is 1.76. The molecule has 0 aromatic heterocycles. The minimum Gasteiger partial charge on any atom is -0.507 e. The number of ether oxygens (including phenoxy) is 1. The molecule has 1 amide bonds. The molecule has 0 radical (unpaired) electrons. The molecule has 1 aromatic rings. The van der Waals surface area contributed by atoms with Crippen molar-refractivity contribution in [3.63, 3.8) is 0 Å². The van der Waals surface area contributed by atoms with Gasteiger partial charge in [-0.3, -0.25) is 4.79 Å². The molecule has 0 saturated heterocycles. The van der Waals surface area contributed by atoms with Gasteiger partial charge in [-0.05, 0) is 50.7 Å². The van der Waals surface area contributed by atoms with E-state index in [0.29, 0.717) is 0 Å². The van der Waals surface area contributed by atoms with Gasteiger partial charge in [-0.1, -0.05) is 18.6 Å². The van der Waals surface area contributed by atoms with Crippen LogP contribution in [0.5, 0.6) is 5.75 Å². The first-order valence-electron chi connectivity index (χ1n) is 8.11. The number of carbonyl (C=O) groups is 2. The molecule has 2 rings (SSSR count). The molecule has 0 spiro atoms. The summed E-state index contributed by atoms with van der Waals surface area (Å²) in [4.78, 5) is 25.9. The molecular weight excluding hydrogens is 294 g/mol. The second-order valence-corrected chi connectivity index (χ2v) is 6.52. The number of aryl methyl sites for hydroxylation is 1. The number of carbonyl (C=O) groups excluding carboxylic acids is 2. The molecule has 1 aliphatic rings. The first kappa shape index (κ1) is 17.3. The normalized spacial score (nSPS) is 20.8. The lowest BCUT2D eigenvalue weighted by molar-refractivity contribution is -0.136. The maximum Gasteiger partial charge on any atom is 0.342 e. The van der Waals surface area contributed by atoms with Crippen LogP contribution in [0.15, 0.2) is 18.2 Å². The maximum atomic E-state index is 12.2. The van der Waals surface area contributed by atoms with E-state index in [1.165, 1.54) is 6.07 Å². The molecule has 1 fully saturated rings. The van der Waals surface area contributed by atoms with Gasteiger partial charge in [-0.15, -0.1) is 0 Å². The predicted molar refractivity (Wildman–Crippen MR) is 87.3 cm³/mol. The largest absolute Gasteiger partial charge is 0.507 e. The molecule has 0 heterocycles. The van der Waals surface area contributed by atoms with Crippen molar-refractivity contribution in [1.82, 2.24) is 4.90 Å². The Bertz CT molecular complexity index is 576. The highest BCUT2D eigenvalue weighted by molar-refractivity contribution is 5.94. The van der Waals surface area contributed by atoms with Crippen LogP contribution in [0.3, 0.4) is 0 Å². The van der Waals surface area contributed by atoms with Crippen molar-refractivity contribution in [2.75, 3.05) is 13.7 Å². The Balaban J connectivity index is 1.88. The molecule has 126 valence electrons. The van der Waals surface area contributed by atoms with Gasteiger partial charge in [0.2, 0.25) is 0 Å². The fourth-order valence-electron chi connectivity index (χ4n) is 2.95. The number of esters is 1. The monoisotopic (exact) mass is 319 g/mol. The smallest absolute Gasteiger partial charge is 0.342 e. The minimum atomic E-state index is -0.676. The molecule has 1 aliphatic carbocycles. The molecular formula is C18H25NO4. The Morgan fingerprint density at radius 2 is 1.91 bits per heavy atom. The molecule has 0 unspecified atom stereocenters. The number of phenols is 1. The Labute approximate surface area is 137 Å². The number of aromatic hydroxyl groups is 1. The van der Waals surface area contributed by atoms with Crippen molar-refractivity contribution >= 4 is 11.9 Å². The standard InChI is InChI=1S/C18H25NO4/c1-12-4-7-14(8-5-12)19(3)17(21)11-23-18(22)15-10-13(2)6-9-16(15)20/h6,9-10,12,14,20H,4-5,7-8,11H2,1-3H3. The molecule has 1 saturated carbocycles. The number of hydrogen-bond acceptors (Lipinski definition) is 4. The van der Waals surface area contributed by atoms with E-state index >= 15 is 0 Å². The zero-order valence-corrected chi connectivity index (χ0v) is 14.0. The van der Waals surface area contributed by atoms with Crippen molar-refractivity contribution in [1.29, 1.82) is 0 Å². The van der Waals surface area contributed by atoms with Crippen LogP contribution in [-0.2, 0) is 9.53 Å². The number of phenolic OH excluding ortho intramolecular Hbond substituents is 1. The van der Waals surface area contributed by atoms with E-state index in [4.69, 9.17) is 4.74 Å². The van der Waals surface area contributed by atoms with Gasteiger partial charge in [0.15, 0.2) is 6.61 Å². The number of rotatable bonds is 4.